The maximum absolute atomic E-state index is 6.15. The van der Waals surface area contributed by atoms with Gasteiger partial charge in [-0.25, -0.2) is 0 Å². The SMILES string of the molecule is COC1C=CC(COc2ccc(Cl)cc2CNC(C)(C)C)=CC1C. The van der Waals surface area contributed by atoms with E-state index in [-0.39, 0.29) is 11.6 Å². The van der Waals surface area contributed by atoms with Crippen molar-refractivity contribution in [1.29, 1.82) is 0 Å². The summed E-state index contributed by atoms with van der Waals surface area (Å²) in [7, 11) is 1.74. The Morgan fingerprint density at radius 3 is 2.62 bits per heavy atom. The van der Waals surface area contributed by atoms with E-state index in [1.54, 1.807) is 7.11 Å². The van der Waals surface area contributed by atoms with Gasteiger partial charge in [0.1, 0.15) is 12.4 Å². The molecule has 0 spiro atoms. The molecule has 3 nitrogen and oxygen atoms in total. The van der Waals surface area contributed by atoms with Crippen molar-refractivity contribution in [3.63, 3.8) is 0 Å². The zero-order chi connectivity index (χ0) is 17.7. The molecule has 0 aromatic heterocycles. The van der Waals surface area contributed by atoms with Crippen molar-refractivity contribution in [3.8, 4) is 5.75 Å². The lowest BCUT2D eigenvalue weighted by Gasteiger charge is -2.23. The van der Waals surface area contributed by atoms with Crippen LogP contribution in [-0.2, 0) is 11.3 Å². The minimum atomic E-state index is 0.0405. The summed E-state index contributed by atoms with van der Waals surface area (Å²) in [6.45, 7) is 9.84. The van der Waals surface area contributed by atoms with Crippen LogP contribution in [0.1, 0.15) is 33.3 Å². The van der Waals surface area contributed by atoms with Gasteiger partial charge < -0.3 is 14.8 Å². The van der Waals surface area contributed by atoms with Gasteiger partial charge in [-0.3, -0.25) is 0 Å². The second-order valence-electron chi connectivity index (χ2n) is 7.30. The molecule has 2 atom stereocenters. The molecule has 2 rings (SSSR count). The van der Waals surface area contributed by atoms with Crippen LogP contribution in [0.2, 0.25) is 5.02 Å². The minimum absolute atomic E-state index is 0.0405. The van der Waals surface area contributed by atoms with Gasteiger partial charge in [0.05, 0.1) is 6.10 Å². The molecule has 0 bridgehead atoms. The molecular weight excluding hydrogens is 322 g/mol. The minimum Gasteiger partial charge on any atom is -0.489 e. The molecule has 1 aliphatic rings. The third-order valence-corrected chi connectivity index (χ3v) is 4.23. The Bertz CT molecular complexity index is 617. The van der Waals surface area contributed by atoms with E-state index in [0.29, 0.717) is 12.5 Å². The molecular formula is C20H28ClNO2. The number of benzene rings is 1. The summed E-state index contributed by atoms with van der Waals surface area (Å²) in [5, 5.41) is 4.20. The Morgan fingerprint density at radius 2 is 2.00 bits per heavy atom. The van der Waals surface area contributed by atoms with Gasteiger partial charge in [-0.05, 0) is 44.5 Å². The van der Waals surface area contributed by atoms with Gasteiger partial charge in [0.15, 0.2) is 0 Å². The van der Waals surface area contributed by atoms with E-state index < -0.39 is 0 Å². The van der Waals surface area contributed by atoms with Crippen LogP contribution in [0.3, 0.4) is 0 Å². The quantitative estimate of drug-likeness (QED) is 0.803. The fourth-order valence-electron chi connectivity index (χ4n) is 2.62. The molecule has 132 valence electrons. The summed E-state index contributed by atoms with van der Waals surface area (Å²) in [5.41, 5.74) is 2.28. The van der Waals surface area contributed by atoms with Crippen LogP contribution < -0.4 is 10.1 Å². The Hall–Kier alpha value is -1.29. The van der Waals surface area contributed by atoms with E-state index in [2.05, 4.69) is 51.2 Å². The van der Waals surface area contributed by atoms with Crippen molar-refractivity contribution >= 4 is 11.6 Å². The van der Waals surface area contributed by atoms with Crippen LogP contribution in [0.25, 0.3) is 0 Å². The third-order valence-electron chi connectivity index (χ3n) is 3.99. The lowest BCUT2D eigenvalue weighted by Crippen LogP contribution is -2.35. The second-order valence-corrected chi connectivity index (χ2v) is 7.74. The normalized spacial score (nSPS) is 20.8. The van der Waals surface area contributed by atoms with Gasteiger partial charge in [-0.2, -0.15) is 0 Å². The summed E-state index contributed by atoms with van der Waals surface area (Å²) in [4.78, 5) is 0. The number of hydrogen-bond acceptors (Lipinski definition) is 3. The summed E-state index contributed by atoms with van der Waals surface area (Å²) < 4.78 is 11.5. The van der Waals surface area contributed by atoms with E-state index in [4.69, 9.17) is 21.1 Å². The summed E-state index contributed by atoms with van der Waals surface area (Å²) >= 11 is 6.15. The van der Waals surface area contributed by atoms with Gasteiger partial charge in [0.25, 0.3) is 0 Å². The first-order valence-electron chi connectivity index (χ1n) is 8.36. The van der Waals surface area contributed by atoms with Gasteiger partial charge in [-0.1, -0.05) is 36.8 Å². The molecule has 4 heteroatoms. The first-order chi connectivity index (χ1) is 11.3. The topological polar surface area (TPSA) is 30.5 Å². The zero-order valence-corrected chi connectivity index (χ0v) is 16.0. The maximum atomic E-state index is 6.15. The van der Waals surface area contributed by atoms with Crippen LogP contribution in [0.15, 0.2) is 42.0 Å². The molecule has 0 fully saturated rings. The molecule has 24 heavy (non-hydrogen) atoms. The predicted molar refractivity (Wildman–Crippen MR) is 101 cm³/mol. The molecule has 0 heterocycles. The van der Waals surface area contributed by atoms with E-state index in [1.807, 2.05) is 18.2 Å². The molecule has 0 aliphatic heterocycles. The molecule has 0 saturated carbocycles. The van der Waals surface area contributed by atoms with Crippen molar-refractivity contribution in [1.82, 2.24) is 5.32 Å². The molecule has 0 saturated heterocycles. The third kappa shape index (κ3) is 5.66. The van der Waals surface area contributed by atoms with Crippen LogP contribution in [0.5, 0.6) is 5.75 Å². The number of methoxy groups -OCH3 is 1. The van der Waals surface area contributed by atoms with Crippen molar-refractivity contribution in [2.75, 3.05) is 13.7 Å². The van der Waals surface area contributed by atoms with Crippen molar-refractivity contribution in [2.24, 2.45) is 5.92 Å². The van der Waals surface area contributed by atoms with Crippen LogP contribution in [-0.4, -0.2) is 25.4 Å². The van der Waals surface area contributed by atoms with Gasteiger partial charge in [0, 0.05) is 35.7 Å². The molecule has 2 unspecified atom stereocenters. The molecule has 1 N–H and O–H groups in total. The highest BCUT2D eigenvalue weighted by Gasteiger charge is 2.17. The van der Waals surface area contributed by atoms with Crippen LogP contribution in [0.4, 0.5) is 0 Å². The maximum Gasteiger partial charge on any atom is 0.124 e. The smallest absolute Gasteiger partial charge is 0.124 e. The average molecular weight is 350 g/mol. The lowest BCUT2D eigenvalue weighted by molar-refractivity contribution is 0.111. The Morgan fingerprint density at radius 1 is 1.25 bits per heavy atom. The number of halogens is 1. The average Bonchev–Trinajstić information content (AvgIpc) is 2.51. The molecule has 1 aliphatic carbocycles. The highest BCUT2D eigenvalue weighted by molar-refractivity contribution is 6.30. The van der Waals surface area contributed by atoms with Crippen molar-refractivity contribution in [3.05, 3.63) is 52.6 Å². The van der Waals surface area contributed by atoms with Crippen LogP contribution in [0, 0.1) is 5.92 Å². The van der Waals surface area contributed by atoms with E-state index in [9.17, 15) is 0 Å². The first-order valence-corrected chi connectivity index (χ1v) is 8.74. The van der Waals surface area contributed by atoms with Gasteiger partial charge in [-0.15, -0.1) is 0 Å². The second kappa shape index (κ2) is 8.19. The van der Waals surface area contributed by atoms with E-state index >= 15 is 0 Å². The molecule has 1 aromatic carbocycles. The van der Waals surface area contributed by atoms with E-state index in [0.717, 1.165) is 22.9 Å². The van der Waals surface area contributed by atoms with Crippen LogP contribution >= 0.6 is 11.6 Å². The van der Waals surface area contributed by atoms with Crippen molar-refractivity contribution < 1.29 is 9.47 Å². The Balaban J connectivity index is 2.03. The molecule has 0 amide bonds. The Labute approximate surface area is 150 Å². The Kier molecular flexibility index (Phi) is 6.50. The highest BCUT2D eigenvalue weighted by Crippen LogP contribution is 2.25. The van der Waals surface area contributed by atoms with Gasteiger partial charge in [0.2, 0.25) is 0 Å². The number of ether oxygens (including phenoxy) is 2. The van der Waals surface area contributed by atoms with E-state index in [1.165, 1.54) is 5.57 Å². The zero-order valence-electron chi connectivity index (χ0n) is 15.2. The first kappa shape index (κ1) is 19.0. The summed E-state index contributed by atoms with van der Waals surface area (Å²) in [6.07, 6.45) is 6.53. The standard InChI is InChI=1S/C20H28ClNO2/c1-14-10-15(6-8-18(14)23-5)13-24-19-9-7-17(21)11-16(19)12-22-20(2,3)4/h6-11,14,18,22H,12-13H2,1-5H3. The summed E-state index contributed by atoms with van der Waals surface area (Å²) in [5.74, 6) is 1.22. The van der Waals surface area contributed by atoms with Gasteiger partial charge >= 0.3 is 0 Å². The number of rotatable bonds is 6. The molecule has 0 radical (unpaired) electrons. The fraction of sp³-hybridized carbons (Fsp3) is 0.500. The number of nitrogens with one attached hydrogen (secondary N) is 1. The lowest BCUT2D eigenvalue weighted by atomic mass is 9.95. The fourth-order valence-corrected chi connectivity index (χ4v) is 2.81. The largest absolute Gasteiger partial charge is 0.489 e. The number of hydrogen-bond donors (Lipinski definition) is 1. The monoisotopic (exact) mass is 349 g/mol. The van der Waals surface area contributed by atoms with Crippen molar-refractivity contribution in [2.45, 2.75) is 45.9 Å². The molecule has 1 aromatic rings. The highest BCUT2D eigenvalue weighted by atomic mass is 35.5. The summed E-state index contributed by atoms with van der Waals surface area (Å²) in [6, 6.07) is 5.77. The predicted octanol–water partition coefficient (Wildman–Crippen LogP) is 4.75.